The van der Waals surface area contributed by atoms with Crippen molar-refractivity contribution in [2.75, 3.05) is 30.9 Å². The van der Waals surface area contributed by atoms with Gasteiger partial charge in [0, 0.05) is 43.0 Å². The standard InChI is InChI=1S/C29H32ClN5O4/c1-35(2)21-12-14-25-26(18-21)33-28(32-25)23-17-20(11-13-24(23)30)31-29(37)19-8-7-9-22(16-19)39-15-6-4-3-5-10-27(36)34-38/h7-9,11-14,16-18,38H,3-6,10,15H2,1-2H3,(H,31,37)(H,32,33)(H,34,36). The molecule has 2 amide bonds. The molecule has 0 unspecified atom stereocenters. The number of hydroxylamine groups is 1. The van der Waals surface area contributed by atoms with Gasteiger partial charge < -0.3 is 19.9 Å². The Labute approximate surface area is 232 Å². The first-order chi connectivity index (χ1) is 18.8. The molecule has 10 heteroatoms. The molecule has 4 rings (SSSR count). The minimum Gasteiger partial charge on any atom is -0.494 e. The zero-order chi connectivity index (χ0) is 27.8. The molecular weight excluding hydrogens is 518 g/mol. The summed E-state index contributed by atoms with van der Waals surface area (Å²) in [7, 11) is 3.97. The van der Waals surface area contributed by atoms with Crippen LogP contribution in [0.4, 0.5) is 11.4 Å². The Morgan fingerprint density at radius 3 is 2.64 bits per heavy atom. The predicted molar refractivity (Wildman–Crippen MR) is 154 cm³/mol. The molecule has 0 saturated carbocycles. The number of carbonyl (C=O) groups excluding carboxylic acids is 2. The summed E-state index contributed by atoms with van der Waals surface area (Å²) in [5.41, 5.74) is 6.16. The zero-order valence-electron chi connectivity index (χ0n) is 22.0. The first kappa shape index (κ1) is 27.9. The predicted octanol–water partition coefficient (Wildman–Crippen LogP) is 6.04. The third kappa shape index (κ3) is 7.49. The van der Waals surface area contributed by atoms with Gasteiger partial charge in [0.2, 0.25) is 5.91 Å². The summed E-state index contributed by atoms with van der Waals surface area (Å²) in [6, 6.07) is 18.3. The van der Waals surface area contributed by atoms with Crippen molar-refractivity contribution in [3.63, 3.8) is 0 Å². The second-order valence-corrected chi connectivity index (χ2v) is 9.81. The molecule has 0 saturated heterocycles. The van der Waals surface area contributed by atoms with Crippen LogP contribution in [0, 0.1) is 0 Å². The maximum absolute atomic E-state index is 13.0. The molecule has 0 bridgehead atoms. The van der Waals surface area contributed by atoms with Gasteiger partial charge in [0.15, 0.2) is 0 Å². The average molecular weight is 550 g/mol. The summed E-state index contributed by atoms with van der Waals surface area (Å²) in [6.45, 7) is 0.505. The molecule has 1 heterocycles. The highest BCUT2D eigenvalue weighted by Crippen LogP contribution is 2.31. The van der Waals surface area contributed by atoms with Crippen molar-refractivity contribution in [1.82, 2.24) is 15.4 Å². The minimum absolute atomic E-state index is 0.267. The van der Waals surface area contributed by atoms with Crippen LogP contribution in [-0.4, -0.2) is 47.7 Å². The number of H-pyrrole nitrogens is 1. The van der Waals surface area contributed by atoms with Gasteiger partial charge in [0.05, 0.1) is 22.7 Å². The number of anilines is 2. The van der Waals surface area contributed by atoms with Crippen LogP contribution in [0.25, 0.3) is 22.4 Å². The highest BCUT2D eigenvalue weighted by molar-refractivity contribution is 6.33. The Kier molecular flexibility index (Phi) is 9.40. The summed E-state index contributed by atoms with van der Waals surface area (Å²) in [6.07, 6.45) is 3.61. The highest BCUT2D eigenvalue weighted by Gasteiger charge is 2.13. The van der Waals surface area contributed by atoms with Crippen LogP contribution in [-0.2, 0) is 4.79 Å². The Hall–Kier alpha value is -4.08. The number of amides is 2. The molecule has 39 heavy (non-hydrogen) atoms. The summed E-state index contributed by atoms with van der Waals surface area (Å²) >= 11 is 6.50. The molecule has 0 aliphatic heterocycles. The van der Waals surface area contributed by atoms with Crippen molar-refractivity contribution < 1.29 is 19.5 Å². The van der Waals surface area contributed by atoms with E-state index in [-0.39, 0.29) is 11.8 Å². The van der Waals surface area contributed by atoms with Gasteiger partial charge in [-0.1, -0.05) is 30.5 Å². The fourth-order valence-electron chi connectivity index (χ4n) is 4.11. The molecule has 0 spiro atoms. The van der Waals surface area contributed by atoms with Crippen LogP contribution in [0.2, 0.25) is 5.02 Å². The third-order valence-corrected chi connectivity index (χ3v) is 6.58. The van der Waals surface area contributed by atoms with Crippen LogP contribution in [0.1, 0.15) is 42.5 Å². The Morgan fingerprint density at radius 1 is 1.03 bits per heavy atom. The van der Waals surface area contributed by atoms with E-state index in [0.717, 1.165) is 36.0 Å². The lowest BCUT2D eigenvalue weighted by atomic mass is 10.1. The first-order valence-corrected chi connectivity index (χ1v) is 13.2. The molecule has 204 valence electrons. The number of aromatic amines is 1. The number of nitrogens with one attached hydrogen (secondary N) is 3. The van der Waals surface area contributed by atoms with Crippen LogP contribution in [0.3, 0.4) is 0 Å². The van der Waals surface area contributed by atoms with E-state index in [9.17, 15) is 9.59 Å². The van der Waals surface area contributed by atoms with Crippen molar-refractivity contribution in [3.8, 4) is 17.1 Å². The number of rotatable bonds is 12. The smallest absolute Gasteiger partial charge is 0.255 e. The largest absolute Gasteiger partial charge is 0.494 e. The number of nitrogens with zero attached hydrogens (tertiary/aromatic N) is 2. The Morgan fingerprint density at radius 2 is 1.85 bits per heavy atom. The average Bonchev–Trinajstić information content (AvgIpc) is 3.36. The number of aromatic nitrogens is 2. The molecule has 4 aromatic rings. The fourth-order valence-corrected chi connectivity index (χ4v) is 4.31. The lowest BCUT2D eigenvalue weighted by Gasteiger charge is -2.11. The quantitative estimate of drug-likeness (QED) is 0.0972. The monoisotopic (exact) mass is 549 g/mol. The number of hydrogen-bond acceptors (Lipinski definition) is 6. The summed E-state index contributed by atoms with van der Waals surface area (Å²) in [4.78, 5) is 34.0. The van der Waals surface area contributed by atoms with E-state index in [2.05, 4.69) is 15.3 Å². The summed E-state index contributed by atoms with van der Waals surface area (Å²) < 4.78 is 5.81. The van der Waals surface area contributed by atoms with Crippen molar-refractivity contribution in [2.45, 2.75) is 32.1 Å². The van der Waals surface area contributed by atoms with Crippen LogP contribution in [0.5, 0.6) is 5.75 Å². The topological polar surface area (TPSA) is 120 Å². The van der Waals surface area contributed by atoms with E-state index in [1.807, 2.05) is 43.3 Å². The number of ether oxygens (including phenoxy) is 1. The molecule has 3 aromatic carbocycles. The number of carbonyl (C=O) groups is 2. The number of imidazole rings is 1. The van der Waals surface area contributed by atoms with Crippen LogP contribution in [0.15, 0.2) is 60.7 Å². The van der Waals surface area contributed by atoms with E-state index in [1.165, 1.54) is 0 Å². The van der Waals surface area contributed by atoms with Crippen molar-refractivity contribution in [1.29, 1.82) is 0 Å². The number of halogens is 1. The van der Waals surface area contributed by atoms with Crippen LogP contribution >= 0.6 is 11.6 Å². The van der Waals surface area contributed by atoms with E-state index in [4.69, 9.17) is 21.5 Å². The van der Waals surface area contributed by atoms with E-state index in [1.54, 1.807) is 41.9 Å². The van der Waals surface area contributed by atoms with Gasteiger partial charge in [-0.15, -0.1) is 0 Å². The van der Waals surface area contributed by atoms with E-state index < -0.39 is 0 Å². The van der Waals surface area contributed by atoms with Gasteiger partial charge in [-0.05, 0) is 67.4 Å². The fraction of sp³-hybridized carbons (Fsp3) is 0.276. The SMILES string of the molecule is CN(C)c1ccc2nc(-c3cc(NC(=O)c4cccc(OCCCCCCC(=O)NO)c4)ccc3Cl)[nH]c2c1. The minimum atomic E-state index is -0.371. The van der Waals surface area contributed by atoms with Crippen molar-refractivity contribution >= 4 is 45.8 Å². The number of fused-ring (bicyclic) bond motifs is 1. The maximum Gasteiger partial charge on any atom is 0.255 e. The highest BCUT2D eigenvalue weighted by atomic mass is 35.5. The van der Waals surface area contributed by atoms with Gasteiger partial charge in [0.1, 0.15) is 11.6 Å². The van der Waals surface area contributed by atoms with Gasteiger partial charge in [-0.3, -0.25) is 14.8 Å². The molecule has 0 atom stereocenters. The molecule has 0 aliphatic carbocycles. The van der Waals surface area contributed by atoms with Crippen LogP contribution < -0.4 is 20.4 Å². The number of hydrogen-bond donors (Lipinski definition) is 4. The molecule has 0 radical (unpaired) electrons. The zero-order valence-corrected chi connectivity index (χ0v) is 22.7. The maximum atomic E-state index is 13.0. The van der Waals surface area contributed by atoms with E-state index >= 15 is 0 Å². The Balaban J connectivity index is 1.37. The third-order valence-electron chi connectivity index (χ3n) is 6.25. The lowest BCUT2D eigenvalue weighted by molar-refractivity contribution is -0.129. The van der Waals surface area contributed by atoms with Crippen molar-refractivity contribution in [2.24, 2.45) is 0 Å². The Bertz CT molecular complexity index is 1450. The first-order valence-electron chi connectivity index (χ1n) is 12.8. The summed E-state index contributed by atoms with van der Waals surface area (Å²) in [5, 5.41) is 12.0. The second-order valence-electron chi connectivity index (χ2n) is 9.41. The van der Waals surface area contributed by atoms with Crippen molar-refractivity contribution in [3.05, 3.63) is 71.2 Å². The van der Waals surface area contributed by atoms with Gasteiger partial charge in [-0.25, -0.2) is 10.5 Å². The molecule has 9 nitrogen and oxygen atoms in total. The normalized spacial score (nSPS) is 10.9. The van der Waals surface area contributed by atoms with Gasteiger partial charge >= 0.3 is 0 Å². The molecule has 0 fully saturated rings. The summed E-state index contributed by atoms with van der Waals surface area (Å²) in [5.74, 6) is 0.591. The second kappa shape index (κ2) is 13.1. The van der Waals surface area contributed by atoms with Gasteiger partial charge in [0.25, 0.3) is 5.91 Å². The number of benzene rings is 3. The van der Waals surface area contributed by atoms with Gasteiger partial charge in [-0.2, -0.15) is 0 Å². The molecule has 0 aliphatic rings. The molecular formula is C29H32ClN5O4. The number of unbranched alkanes of at least 4 members (excludes halogenated alkanes) is 3. The van der Waals surface area contributed by atoms with E-state index in [0.29, 0.717) is 52.9 Å². The molecule has 4 N–H and O–H groups in total. The lowest BCUT2D eigenvalue weighted by Crippen LogP contribution is -2.17. The molecule has 1 aromatic heterocycles.